The summed E-state index contributed by atoms with van der Waals surface area (Å²) in [6, 6.07) is 53.2. The molecule has 0 radical (unpaired) electrons. The Balaban J connectivity index is 1.28. The first-order valence-electron chi connectivity index (χ1n) is 19.5. The third kappa shape index (κ3) is 10.8. The zero-order chi connectivity index (χ0) is 39.3. The molecule has 0 spiro atoms. The lowest BCUT2D eigenvalue weighted by Crippen LogP contribution is -2.65. The number of hydrogen-bond acceptors (Lipinski definition) is 7. The topological polar surface area (TPSA) is 75.6 Å². The number of ether oxygens (including phenoxy) is 6. The molecular weight excluding hydrogens is 736 g/mol. The first kappa shape index (κ1) is 40.4. The molecule has 294 valence electrons. The largest absolute Gasteiger partial charge is 0.494 e. The van der Waals surface area contributed by atoms with Gasteiger partial charge >= 0.3 is 0 Å². The number of hydrogen-bond donors (Lipinski definition) is 1. The molecule has 1 fully saturated rings. The van der Waals surface area contributed by atoms with Crippen LogP contribution in [0, 0.1) is 0 Å². The van der Waals surface area contributed by atoms with Gasteiger partial charge < -0.3 is 33.5 Å². The van der Waals surface area contributed by atoms with E-state index in [2.05, 4.69) is 0 Å². The van der Waals surface area contributed by atoms with E-state index in [-0.39, 0.29) is 26.4 Å². The lowest BCUT2D eigenvalue weighted by molar-refractivity contribution is -0.378. The Bertz CT molecular complexity index is 2080. The van der Waals surface area contributed by atoms with Crippen LogP contribution in [0.3, 0.4) is 0 Å². The van der Waals surface area contributed by atoms with Gasteiger partial charge in [0, 0.05) is 10.6 Å². The smallest absolute Gasteiger partial charge is 0.222 e. The molecule has 0 aromatic heterocycles. The van der Waals surface area contributed by atoms with Gasteiger partial charge in [0.15, 0.2) is 0 Å². The standard InChI is InChI=1S/C49H49ClO7/c1-2-53-43-26-23-36(24-27-43)29-41-30-42(25-28-44(41)50)49(51)48(56-34-40-21-13-6-14-22-40)47(55-33-39-19-11-5-12-20-39)46(54-32-38-17-9-4-10-18-38)45(57-49)35-52-31-37-15-7-3-8-16-37/h3-28,30,45-48,51H,2,29,31-35H2,1H3/t45?,46-,47-,48-,49?/m1/s1. The summed E-state index contributed by atoms with van der Waals surface area (Å²) in [5.74, 6) is -1.21. The van der Waals surface area contributed by atoms with Crippen LogP contribution in [0.2, 0.25) is 5.02 Å². The van der Waals surface area contributed by atoms with E-state index in [1.54, 1.807) is 12.1 Å². The van der Waals surface area contributed by atoms with Gasteiger partial charge in [-0.15, -0.1) is 0 Å². The summed E-state index contributed by atoms with van der Waals surface area (Å²) in [5, 5.41) is 13.8. The number of halogens is 1. The molecule has 1 N–H and O–H groups in total. The summed E-state index contributed by atoms with van der Waals surface area (Å²) in [7, 11) is 0. The van der Waals surface area contributed by atoms with Gasteiger partial charge in [0.2, 0.25) is 5.79 Å². The van der Waals surface area contributed by atoms with Crippen molar-refractivity contribution in [3.63, 3.8) is 0 Å². The molecule has 8 heteroatoms. The van der Waals surface area contributed by atoms with Crippen LogP contribution in [-0.4, -0.2) is 42.7 Å². The average molecular weight is 785 g/mol. The Morgan fingerprint density at radius 3 is 1.63 bits per heavy atom. The summed E-state index contributed by atoms with van der Waals surface area (Å²) in [5.41, 5.74) is 6.25. The van der Waals surface area contributed by atoms with E-state index in [1.807, 2.05) is 159 Å². The van der Waals surface area contributed by atoms with Gasteiger partial charge in [-0.05, 0) is 71.0 Å². The molecule has 6 aromatic rings. The molecule has 0 amide bonds. The van der Waals surface area contributed by atoms with Gasteiger partial charge in [-0.25, -0.2) is 0 Å². The van der Waals surface area contributed by atoms with Crippen molar-refractivity contribution < 1.29 is 33.5 Å². The van der Waals surface area contributed by atoms with E-state index in [1.165, 1.54) is 0 Å². The summed E-state index contributed by atoms with van der Waals surface area (Å²) in [6.45, 7) is 3.73. The Morgan fingerprint density at radius 2 is 1.09 bits per heavy atom. The maximum atomic E-state index is 13.2. The van der Waals surface area contributed by atoms with Crippen LogP contribution in [0.25, 0.3) is 0 Å². The molecule has 0 aliphatic carbocycles. The van der Waals surface area contributed by atoms with Gasteiger partial charge in [-0.3, -0.25) is 0 Å². The lowest BCUT2D eigenvalue weighted by Gasteiger charge is -2.50. The molecular formula is C49H49ClO7. The van der Waals surface area contributed by atoms with Crippen LogP contribution in [0.1, 0.15) is 45.9 Å². The highest BCUT2D eigenvalue weighted by Crippen LogP contribution is 2.43. The average Bonchev–Trinajstić information content (AvgIpc) is 3.25. The Labute approximate surface area is 340 Å². The van der Waals surface area contributed by atoms with Crippen molar-refractivity contribution in [1.82, 2.24) is 0 Å². The van der Waals surface area contributed by atoms with Crippen molar-refractivity contribution in [2.75, 3.05) is 13.2 Å². The fourth-order valence-corrected chi connectivity index (χ4v) is 7.29. The van der Waals surface area contributed by atoms with E-state index in [9.17, 15) is 5.11 Å². The van der Waals surface area contributed by atoms with Gasteiger partial charge in [-0.2, -0.15) is 0 Å². The molecule has 57 heavy (non-hydrogen) atoms. The van der Waals surface area contributed by atoms with Crippen LogP contribution in [-0.2, 0) is 62.3 Å². The molecule has 5 atom stereocenters. The predicted molar refractivity (Wildman–Crippen MR) is 222 cm³/mol. The third-order valence-electron chi connectivity index (χ3n) is 10.0. The normalized spacial score (nSPS) is 20.6. The minimum atomic E-state index is -2.01. The number of benzene rings is 6. The zero-order valence-electron chi connectivity index (χ0n) is 32.1. The molecule has 2 unspecified atom stereocenters. The predicted octanol–water partition coefficient (Wildman–Crippen LogP) is 9.85. The van der Waals surface area contributed by atoms with Crippen molar-refractivity contribution in [1.29, 1.82) is 0 Å². The Morgan fingerprint density at radius 1 is 0.579 bits per heavy atom. The molecule has 7 rings (SSSR count). The summed E-state index contributed by atoms with van der Waals surface area (Å²) < 4.78 is 39.4. The van der Waals surface area contributed by atoms with E-state index < -0.39 is 30.2 Å². The van der Waals surface area contributed by atoms with Crippen molar-refractivity contribution in [3.05, 3.63) is 208 Å². The zero-order valence-corrected chi connectivity index (χ0v) is 32.9. The van der Waals surface area contributed by atoms with Gasteiger partial charge in [0.05, 0.1) is 39.6 Å². The Hall–Kier alpha value is -4.83. The highest BCUT2D eigenvalue weighted by atomic mass is 35.5. The van der Waals surface area contributed by atoms with Gasteiger partial charge in [0.1, 0.15) is 30.2 Å². The minimum absolute atomic E-state index is 0.111. The summed E-state index contributed by atoms with van der Waals surface area (Å²) in [6.07, 6.45) is -2.82. The van der Waals surface area contributed by atoms with Crippen LogP contribution in [0.4, 0.5) is 0 Å². The molecule has 7 nitrogen and oxygen atoms in total. The Kier molecular flexibility index (Phi) is 14.2. The molecule has 6 aromatic carbocycles. The second-order valence-corrected chi connectivity index (χ2v) is 14.6. The molecule has 0 saturated carbocycles. The third-order valence-corrected chi connectivity index (χ3v) is 10.4. The highest BCUT2D eigenvalue weighted by molar-refractivity contribution is 6.31. The molecule has 0 bridgehead atoms. The SMILES string of the molecule is CCOc1ccc(Cc2cc(C3(O)OC(COCc4ccccc4)[C@@H](OCc4ccccc4)[C@@H](OCc4ccccc4)[C@H]3OCc3ccccc3)ccc2Cl)cc1. The van der Waals surface area contributed by atoms with Crippen LogP contribution in [0.15, 0.2) is 164 Å². The first-order valence-corrected chi connectivity index (χ1v) is 19.9. The molecule has 1 heterocycles. The molecule has 1 aliphatic heterocycles. The lowest BCUT2D eigenvalue weighted by atomic mass is 9.86. The van der Waals surface area contributed by atoms with E-state index in [0.29, 0.717) is 30.2 Å². The van der Waals surface area contributed by atoms with Crippen molar-refractivity contribution in [2.24, 2.45) is 0 Å². The second-order valence-electron chi connectivity index (χ2n) is 14.2. The summed E-state index contributed by atoms with van der Waals surface area (Å²) >= 11 is 6.87. The summed E-state index contributed by atoms with van der Waals surface area (Å²) in [4.78, 5) is 0. The minimum Gasteiger partial charge on any atom is -0.494 e. The van der Waals surface area contributed by atoms with Gasteiger partial charge in [-0.1, -0.05) is 151 Å². The van der Waals surface area contributed by atoms with Crippen molar-refractivity contribution >= 4 is 11.6 Å². The number of rotatable bonds is 18. The van der Waals surface area contributed by atoms with E-state index >= 15 is 0 Å². The maximum Gasteiger partial charge on any atom is 0.222 e. The first-order chi connectivity index (χ1) is 28.0. The van der Waals surface area contributed by atoms with E-state index in [0.717, 1.165) is 39.1 Å². The fraction of sp³-hybridized carbons (Fsp3) is 0.265. The van der Waals surface area contributed by atoms with Crippen molar-refractivity contribution in [2.45, 2.75) is 70.0 Å². The monoisotopic (exact) mass is 784 g/mol. The molecule has 1 saturated heterocycles. The molecule has 1 aliphatic rings. The van der Waals surface area contributed by atoms with E-state index in [4.69, 9.17) is 40.0 Å². The van der Waals surface area contributed by atoms with Crippen LogP contribution >= 0.6 is 11.6 Å². The number of aliphatic hydroxyl groups is 1. The second kappa shape index (κ2) is 20.0. The van der Waals surface area contributed by atoms with Crippen LogP contribution in [0.5, 0.6) is 5.75 Å². The highest BCUT2D eigenvalue weighted by Gasteiger charge is 2.57. The maximum absolute atomic E-state index is 13.2. The quantitative estimate of drug-likeness (QED) is 0.0931. The van der Waals surface area contributed by atoms with Gasteiger partial charge in [0.25, 0.3) is 0 Å². The van der Waals surface area contributed by atoms with Crippen LogP contribution < -0.4 is 4.74 Å². The van der Waals surface area contributed by atoms with Crippen molar-refractivity contribution in [3.8, 4) is 5.75 Å². The fourth-order valence-electron chi connectivity index (χ4n) is 7.11.